The molecule has 104 valence electrons. The van der Waals surface area contributed by atoms with Crippen LogP contribution in [0.1, 0.15) is 16.5 Å². The maximum absolute atomic E-state index is 12.6. The fourth-order valence-electron chi connectivity index (χ4n) is 1.92. The zero-order chi connectivity index (χ0) is 14.6. The van der Waals surface area contributed by atoms with Gasteiger partial charge in [0.2, 0.25) is 16.2 Å². The van der Waals surface area contributed by atoms with Gasteiger partial charge in [0.1, 0.15) is 0 Å². The van der Waals surface area contributed by atoms with Gasteiger partial charge in [0.05, 0.1) is 4.90 Å². The van der Waals surface area contributed by atoms with Crippen molar-refractivity contribution in [1.82, 2.24) is 5.32 Å². The second-order valence-electron chi connectivity index (χ2n) is 4.43. The molecule has 0 aliphatic heterocycles. The zero-order valence-electron chi connectivity index (χ0n) is 11.0. The predicted octanol–water partition coefficient (Wildman–Crippen LogP) is 2.21. The van der Waals surface area contributed by atoms with Gasteiger partial charge in [-0.1, -0.05) is 48.0 Å². The van der Waals surface area contributed by atoms with Crippen LogP contribution >= 0.6 is 0 Å². The molecule has 0 fully saturated rings. The number of amides is 1. The van der Waals surface area contributed by atoms with Crippen LogP contribution in [0.15, 0.2) is 59.5 Å². The first-order chi connectivity index (χ1) is 9.55. The van der Waals surface area contributed by atoms with Crippen molar-refractivity contribution in [2.24, 2.45) is 0 Å². The van der Waals surface area contributed by atoms with Crippen LogP contribution in [-0.4, -0.2) is 14.8 Å². The standard InChI is InChI=1S/C15H15NO3S/c1-12-7-9-14(10-8-12)20(18,19)15(16-11-17)13-5-3-2-4-6-13/h2-11,15H,1H3,(H,16,17)/t15-/m0/s1. The first-order valence-electron chi connectivity index (χ1n) is 6.11. The lowest BCUT2D eigenvalue weighted by atomic mass is 10.2. The quantitative estimate of drug-likeness (QED) is 0.858. The lowest BCUT2D eigenvalue weighted by Crippen LogP contribution is -2.27. The fourth-order valence-corrected chi connectivity index (χ4v) is 3.46. The molecule has 20 heavy (non-hydrogen) atoms. The first-order valence-corrected chi connectivity index (χ1v) is 7.65. The van der Waals surface area contributed by atoms with Gasteiger partial charge in [0, 0.05) is 0 Å². The molecule has 0 aliphatic rings. The molecule has 4 nitrogen and oxygen atoms in total. The fraction of sp³-hybridized carbons (Fsp3) is 0.133. The van der Waals surface area contributed by atoms with E-state index in [2.05, 4.69) is 5.32 Å². The summed E-state index contributed by atoms with van der Waals surface area (Å²) in [6, 6.07) is 15.2. The van der Waals surface area contributed by atoms with Gasteiger partial charge in [-0.15, -0.1) is 0 Å². The molecule has 5 heteroatoms. The van der Waals surface area contributed by atoms with Crippen LogP contribution in [0.4, 0.5) is 0 Å². The largest absolute Gasteiger partial charge is 0.338 e. The number of aryl methyl sites for hydroxylation is 1. The average molecular weight is 289 g/mol. The topological polar surface area (TPSA) is 63.2 Å². The minimum absolute atomic E-state index is 0.186. The van der Waals surface area contributed by atoms with E-state index in [1.165, 1.54) is 0 Å². The van der Waals surface area contributed by atoms with Crippen molar-refractivity contribution >= 4 is 16.2 Å². The molecule has 0 aromatic heterocycles. The molecular weight excluding hydrogens is 274 g/mol. The Morgan fingerprint density at radius 1 is 1.00 bits per heavy atom. The van der Waals surface area contributed by atoms with Crippen LogP contribution in [0.25, 0.3) is 0 Å². The maximum atomic E-state index is 12.6. The van der Waals surface area contributed by atoms with Crippen molar-refractivity contribution in [1.29, 1.82) is 0 Å². The normalized spacial score (nSPS) is 12.7. The highest BCUT2D eigenvalue weighted by Gasteiger charge is 2.28. The smallest absolute Gasteiger partial charge is 0.208 e. The lowest BCUT2D eigenvalue weighted by Gasteiger charge is -2.17. The van der Waals surface area contributed by atoms with Crippen LogP contribution in [0.2, 0.25) is 0 Å². The lowest BCUT2D eigenvalue weighted by molar-refractivity contribution is -0.109. The van der Waals surface area contributed by atoms with E-state index in [1.54, 1.807) is 54.6 Å². The predicted molar refractivity (Wildman–Crippen MR) is 76.7 cm³/mol. The van der Waals surface area contributed by atoms with Crippen LogP contribution in [-0.2, 0) is 14.6 Å². The van der Waals surface area contributed by atoms with Gasteiger partial charge >= 0.3 is 0 Å². The molecule has 0 unspecified atom stereocenters. The summed E-state index contributed by atoms with van der Waals surface area (Å²) >= 11 is 0. The van der Waals surface area contributed by atoms with Crippen LogP contribution in [0.3, 0.4) is 0 Å². The SMILES string of the molecule is Cc1ccc(S(=O)(=O)[C@H](NC=O)c2ccccc2)cc1. The summed E-state index contributed by atoms with van der Waals surface area (Å²) in [6.07, 6.45) is 0.406. The Morgan fingerprint density at radius 3 is 2.15 bits per heavy atom. The number of hydrogen-bond acceptors (Lipinski definition) is 3. The first kappa shape index (κ1) is 14.3. The molecule has 0 spiro atoms. The number of nitrogens with one attached hydrogen (secondary N) is 1. The van der Waals surface area contributed by atoms with E-state index in [0.717, 1.165) is 5.56 Å². The van der Waals surface area contributed by atoms with E-state index < -0.39 is 15.2 Å². The van der Waals surface area contributed by atoms with Crippen LogP contribution < -0.4 is 5.32 Å². The molecule has 2 rings (SSSR count). The third kappa shape index (κ3) is 2.88. The number of hydrogen-bond donors (Lipinski definition) is 1. The maximum Gasteiger partial charge on any atom is 0.208 e. The van der Waals surface area contributed by atoms with E-state index in [0.29, 0.717) is 12.0 Å². The van der Waals surface area contributed by atoms with Gasteiger partial charge in [-0.3, -0.25) is 4.79 Å². The Kier molecular flexibility index (Phi) is 4.20. The van der Waals surface area contributed by atoms with E-state index in [9.17, 15) is 13.2 Å². The number of benzene rings is 2. The highest BCUT2D eigenvalue weighted by molar-refractivity contribution is 7.91. The summed E-state index contributed by atoms with van der Waals surface area (Å²) in [5.41, 5.74) is 1.50. The van der Waals surface area contributed by atoms with E-state index in [-0.39, 0.29) is 4.90 Å². The zero-order valence-corrected chi connectivity index (χ0v) is 11.8. The number of sulfone groups is 1. The molecule has 0 aliphatic carbocycles. The number of carbonyl (C=O) groups is 1. The van der Waals surface area contributed by atoms with Gasteiger partial charge in [0.25, 0.3) is 0 Å². The van der Waals surface area contributed by atoms with Crippen LogP contribution in [0.5, 0.6) is 0 Å². The van der Waals surface area contributed by atoms with Crippen molar-refractivity contribution in [2.45, 2.75) is 17.2 Å². The van der Waals surface area contributed by atoms with E-state index in [4.69, 9.17) is 0 Å². The van der Waals surface area contributed by atoms with Crippen molar-refractivity contribution in [3.05, 3.63) is 65.7 Å². The van der Waals surface area contributed by atoms with Crippen molar-refractivity contribution in [3.63, 3.8) is 0 Å². The highest BCUT2D eigenvalue weighted by Crippen LogP contribution is 2.26. The number of carbonyl (C=O) groups excluding carboxylic acids is 1. The van der Waals surface area contributed by atoms with Gasteiger partial charge in [-0.05, 0) is 24.6 Å². The van der Waals surface area contributed by atoms with Gasteiger partial charge in [0.15, 0.2) is 5.37 Å². The second kappa shape index (κ2) is 5.88. The summed E-state index contributed by atoms with van der Waals surface area (Å²) in [7, 11) is -3.68. The summed E-state index contributed by atoms with van der Waals surface area (Å²) in [5, 5.41) is 1.30. The monoisotopic (exact) mass is 289 g/mol. The summed E-state index contributed by atoms with van der Waals surface area (Å²) < 4.78 is 25.2. The minimum Gasteiger partial charge on any atom is -0.338 e. The molecular formula is C15H15NO3S. The van der Waals surface area contributed by atoms with Gasteiger partial charge in [-0.25, -0.2) is 8.42 Å². The van der Waals surface area contributed by atoms with Crippen molar-refractivity contribution in [3.8, 4) is 0 Å². The minimum atomic E-state index is -3.68. The Hall–Kier alpha value is -2.14. The van der Waals surface area contributed by atoms with E-state index in [1.807, 2.05) is 6.92 Å². The van der Waals surface area contributed by atoms with Crippen molar-refractivity contribution < 1.29 is 13.2 Å². The molecule has 0 heterocycles. The molecule has 0 saturated heterocycles. The Balaban J connectivity index is 2.48. The van der Waals surface area contributed by atoms with Gasteiger partial charge in [-0.2, -0.15) is 0 Å². The molecule has 2 aromatic carbocycles. The average Bonchev–Trinajstić information content (AvgIpc) is 2.46. The van der Waals surface area contributed by atoms with Gasteiger partial charge < -0.3 is 5.32 Å². The number of rotatable bonds is 5. The third-order valence-electron chi connectivity index (χ3n) is 2.98. The van der Waals surface area contributed by atoms with Crippen LogP contribution in [0, 0.1) is 6.92 Å². The molecule has 0 radical (unpaired) electrons. The molecule has 1 N–H and O–H groups in total. The molecule has 0 saturated carbocycles. The Bertz CT molecular complexity index is 679. The summed E-state index contributed by atoms with van der Waals surface area (Å²) in [5.74, 6) is 0. The van der Waals surface area contributed by atoms with E-state index >= 15 is 0 Å². The molecule has 0 bridgehead atoms. The molecule has 1 amide bonds. The van der Waals surface area contributed by atoms with Crippen molar-refractivity contribution in [2.75, 3.05) is 0 Å². The second-order valence-corrected chi connectivity index (χ2v) is 6.47. The third-order valence-corrected chi connectivity index (χ3v) is 4.94. The summed E-state index contributed by atoms with van der Waals surface area (Å²) in [6.45, 7) is 1.88. The Labute approximate surface area is 118 Å². The molecule has 1 atom stereocenters. The Morgan fingerprint density at radius 2 is 1.60 bits per heavy atom. The molecule has 2 aromatic rings. The highest BCUT2D eigenvalue weighted by atomic mass is 32.2. The summed E-state index contributed by atoms with van der Waals surface area (Å²) in [4.78, 5) is 10.9.